The van der Waals surface area contributed by atoms with E-state index >= 15 is 0 Å². The van der Waals surface area contributed by atoms with Crippen LogP contribution in [-0.4, -0.2) is 362 Å². The van der Waals surface area contributed by atoms with E-state index in [-0.39, 0.29) is 0 Å². The third-order valence-electron chi connectivity index (χ3n) is 14.5. The van der Waals surface area contributed by atoms with Crippen LogP contribution in [0.1, 0.15) is 0 Å². The summed E-state index contributed by atoms with van der Waals surface area (Å²) in [6.07, 6.45) is -67.6. The Labute approximate surface area is 428 Å². The second-order valence-corrected chi connectivity index (χ2v) is 19.4. The van der Waals surface area contributed by atoms with E-state index in [1.807, 2.05) is 0 Å². The van der Waals surface area contributed by atoms with Crippen LogP contribution in [0, 0.1) is 0 Å². The van der Waals surface area contributed by atoms with Crippen molar-refractivity contribution in [2.75, 3.05) is 46.2 Å². The Morgan fingerprint density at radius 1 is 0.263 bits per heavy atom. The second kappa shape index (κ2) is 25.0. The first-order chi connectivity index (χ1) is 36.1. The zero-order chi connectivity index (χ0) is 55.4. The maximum absolute atomic E-state index is 11.4. The molecule has 0 aliphatic carbocycles. The molecule has 21 fully saturated rings. The minimum absolute atomic E-state index is 1.05. The summed E-state index contributed by atoms with van der Waals surface area (Å²) in [5.74, 6) is -3.06. The van der Waals surface area contributed by atoms with Crippen LogP contribution in [0.2, 0.25) is 0 Å². The second-order valence-electron chi connectivity index (χ2n) is 19.4. The van der Waals surface area contributed by atoms with Gasteiger partial charge in [0.25, 0.3) is 0 Å². The maximum atomic E-state index is 11.4. The number of aliphatic hydroxyl groups is 21. The standard InChI is InChI=1S/C41H68O35/c42-1-8-27-14(48)20(54)35(64-8)71-28-9(2-43)65-36(21(55)15(28)49)72-29-10(3-44)66-37(22(56)16(29)50)73-30-11(4-45)67-38(23(57)17(30)51)74-31-12(5-46)68-39(24(58)18(31)52)75-32-13(6-47)69-40(25(59)19(32)53)76-41(62)7-63-34(70-27)26(60)33(41)61/h8-40,42-62H,1-7H2/t8-,9-,10-,11-,12-,13-,14?,15?,16?,17?,18?,19?,20+,21+,22+,23+,24+,25+,26+,27?,28?,29?,30?,31?,32?,33?,34?,35-,36-,37+,38?,39?,40?,41?/m0/s1. The zero-order valence-electron chi connectivity index (χ0n) is 39.6. The quantitative estimate of drug-likeness (QED) is 0.117. The first-order valence-corrected chi connectivity index (χ1v) is 24.1. The number of hydrogen-bond donors (Lipinski definition) is 21. The first kappa shape index (κ1) is 60.7. The van der Waals surface area contributed by atoms with E-state index < -0.39 is 255 Å². The maximum Gasteiger partial charge on any atom is 0.221 e. The fourth-order valence-electron chi connectivity index (χ4n) is 10.1. The molecule has 76 heavy (non-hydrogen) atoms. The van der Waals surface area contributed by atoms with Gasteiger partial charge >= 0.3 is 0 Å². The number of hydrogen-bond acceptors (Lipinski definition) is 35. The van der Waals surface area contributed by atoms with E-state index in [9.17, 15) is 107 Å². The predicted octanol–water partition coefficient (Wildman–Crippen LogP) is -15.3. The number of aliphatic hydroxyl groups excluding tert-OH is 20. The van der Waals surface area contributed by atoms with Crippen LogP contribution in [0.15, 0.2) is 0 Å². The van der Waals surface area contributed by atoms with Gasteiger partial charge in [-0.25, -0.2) is 0 Å². The lowest BCUT2D eigenvalue weighted by atomic mass is 9.95. The van der Waals surface area contributed by atoms with Crippen LogP contribution >= 0.6 is 0 Å². The lowest BCUT2D eigenvalue weighted by Gasteiger charge is -2.50. The molecule has 35 nitrogen and oxygen atoms in total. The van der Waals surface area contributed by atoms with Gasteiger partial charge in [0.1, 0.15) is 165 Å². The molecule has 35 heteroatoms. The molecule has 0 spiro atoms. The van der Waals surface area contributed by atoms with Gasteiger partial charge in [-0.3, -0.25) is 0 Å². The van der Waals surface area contributed by atoms with Crippen molar-refractivity contribution in [3.05, 3.63) is 0 Å². The van der Waals surface area contributed by atoms with Crippen molar-refractivity contribution in [3.63, 3.8) is 0 Å². The molecule has 21 aliphatic rings. The highest BCUT2D eigenvalue weighted by Gasteiger charge is 2.60. The molecule has 14 bridgehead atoms. The summed E-state index contributed by atoms with van der Waals surface area (Å²) in [5, 5.41) is 230. The normalized spacial score (nSPS) is 55.9. The molecule has 0 aromatic rings. The van der Waals surface area contributed by atoms with E-state index in [4.69, 9.17) is 66.3 Å². The highest BCUT2D eigenvalue weighted by molar-refractivity contribution is 5.01. The van der Waals surface area contributed by atoms with Gasteiger partial charge in [-0.2, -0.15) is 0 Å². The fraction of sp³-hybridized carbons (Fsp3) is 1.00. The molecule has 21 saturated heterocycles. The molecule has 21 N–H and O–H groups in total. The summed E-state index contributed by atoms with van der Waals surface area (Å²) >= 11 is 0. The topological polar surface area (TPSA) is 554 Å². The van der Waals surface area contributed by atoms with E-state index in [0.29, 0.717) is 0 Å². The van der Waals surface area contributed by atoms with Crippen molar-refractivity contribution in [2.24, 2.45) is 0 Å². The van der Waals surface area contributed by atoms with Crippen molar-refractivity contribution in [1.29, 1.82) is 0 Å². The van der Waals surface area contributed by atoms with Crippen LogP contribution in [0.3, 0.4) is 0 Å². The molecule has 18 unspecified atom stereocenters. The Bertz CT molecular complexity index is 1820. The summed E-state index contributed by atoms with van der Waals surface area (Å²) in [4.78, 5) is 0. The average molecular weight is 1120 g/mol. The van der Waals surface area contributed by atoms with E-state index in [2.05, 4.69) is 0 Å². The van der Waals surface area contributed by atoms with Gasteiger partial charge in [-0.05, 0) is 0 Å². The lowest BCUT2D eigenvalue weighted by molar-refractivity contribution is -0.433. The van der Waals surface area contributed by atoms with E-state index in [1.54, 1.807) is 0 Å². The van der Waals surface area contributed by atoms with Gasteiger partial charge in [0.05, 0.1) is 39.6 Å². The Morgan fingerprint density at radius 3 is 0.711 bits per heavy atom. The molecule has 0 saturated carbocycles. The summed E-state index contributed by atoms with van der Waals surface area (Å²) in [6.45, 7) is -7.50. The van der Waals surface area contributed by atoms with Gasteiger partial charge in [-0.1, -0.05) is 0 Å². The van der Waals surface area contributed by atoms with Crippen molar-refractivity contribution in [2.45, 2.75) is 209 Å². The molecule has 0 aromatic carbocycles. The Kier molecular flexibility index (Phi) is 20.0. The van der Waals surface area contributed by atoms with Crippen LogP contribution in [-0.2, 0) is 66.3 Å². The van der Waals surface area contributed by atoms with Crippen molar-refractivity contribution >= 4 is 0 Å². The SMILES string of the molecule is OC[C@@H]1OC2OC3C(O)[C@@H](O)C(O[C@H]3CO)OC3(O)COC(OC4C(O)[C@@H](O)[C@H](OC5C(O)[C@@H](O)[C@H](OC6C(O)[C@@H](O)[C@@H](OC7C(O)[C@@H](O)C(OC1C(O)[C@H]2O)O[C@H]7CO)O[C@H]6CO)O[C@H]5CO)O[C@H]4CO)[C@H](O)C3O. The lowest BCUT2D eigenvalue weighted by Crippen LogP contribution is -2.69. The number of rotatable bonds is 6. The molecule has 21 heterocycles. The molecular weight excluding hydrogens is 1050 g/mol. The predicted molar refractivity (Wildman–Crippen MR) is 224 cm³/mol. The molecule has 0 aromatic heterocycles. The summed E-state index contributed by atoms with van der Waals surface area (Å²) in [5.41, 5.74) is 0. The smallest absolute Gasteiger partial charge is 0.221 e. The van der Waals surface area contributed by atoms with Gasteiger partial charge in [0.15, 0.2) is 44.0 Å². The zero-order valence-corrected chi connectivity index (χ0v) is 39.6. The molecule has 0 amide bonds. The van der Waals surface area contributed by atoms with Crippen LogP contribution in [0.5, 0.6) is 0 Å². The largest absolute Gasteiger partial charge is 0.394 e. The Hall–Kier alpha value is -1.40. The van der Waals surface area contributed by atoms with E-state index in [0.717, 1.165) is 0 Å². The van der Waals surface area contributed by atoms with Crippen LogP contribution < -0.4 is 0 Å². The van der Waals surface area contributed by atoms with Crippen LogP contribution in [0.4, 0.5) is 0 Å². The molecular formula is C41H68O35. The summed E-state index contributed by atoms with van der Waals surface area (Å²) in [6, 6.07) is 0. The molecule has 0 radical (unpaired) electrons. The minimum atomic E-state index is -3.06. The fourth-order valence-corrected chi connectivity index (χ4v) is 10.1. The van der Waals surface area contributed by atoms with Gasteiger partial charge in [-0.15, -0.1) is 0 Å². The minimum Gasteiger partial charge on any atom is -0.394 e. The van der Waals surface area contributed by atoms with E-state index in [1.165, 1.54) is 0 Å². The molecule has 34 atom stereocenters. The monoisotopic (exact) mass is 1120 g/mol. The third kappa shape index (κ3) is 11.5. The molecule has 21 rings (SSSR count). The van der Waals surface area contributed by atoms with Gasteiger partial charge in [0.2, 0.25) is 5.79 Å². The Morgan fingerprint density at radius 2 is 0.474 bits per heavy atom. The van der Waals surface area contributed by atoms with Gasteiger partial charge in [0, 0.05) is 0 Å². The highest BCUT2D eigenvalue weighted by atomic mass is 16.8. The van der Waals surface area contributed by atoms with Crippen molar-refractivity contribution in [1.82, 2.24) is 0 Å². The Balaban J connectivity index is 1.07. The highest BCUT2D eigenvalue weighted by Crippen LogP contribution is 2.39. The summed E-state index contributed by atoms with van der Waals surface area (Å²) < 4.78 is 78.5. The molecule has 442 valence electrons. The first-order valence-electron chi connectivity index (χ1n) is 24.1. The third-order valence-corrected chi connectivity index (χ3v) is 14.5. The molecule has 21 aliphatic heterocycles. The number of ether oxygens (including phenoxy) is 14. The van der Waals surface area contributed by atoms with Gasteiger partial charge < -0.3 is 174 Å². The average Bonchev–Trinajstić information content (AvgIpc) is 3.42. The van der Waals surface area contributed by atoms with Crippen LogP contribution in [0.25, 0.3) is 0 Å². The van der Waals surface area contributed by atoms with Crippen molar-refractivity contribution < 1.29 is 174 Å². The summed E-state index contributed by atoms with van der Waals surface area (Å²) in [7, 11) is 0. The van der Waals surface area contributed by atoms with Crippen molar-refractivity contribution in [3.8, 4) is 0 Å².